The molecule has 0 atom stereocenters. The Morgan fingerprint density at radius 1 is 0.864 bits per heavy atom. The number of aryl methyl sites for hydroxylation is 1. The van der Waals surface area contributed by atoms with E-state index in [1.165, 1.54) is 12.1 Å². The van der Waals surface area contributed by atoms with Gasteiger partial charge in [-0.25, -0.2) is 8.42 Å². The van der Waals surface area contributed by atoms with E-state index in [-0.39, 0.29) is 17.1 Å². The smallest absolute Gasteiger partial charge is 0.228 e. The molecule has 0 aromatic heterocycles. The summed E-state index contributed by atoms with van der Waals surface area (Å²) in [6.07, 6.45) is -4.12. The van der Waals surface area contributed by atoms with Crippen LogP contribution in [0.4, 0.5) is 13.2 Å². The minimum atomic E-state index is -4.47. The topological polar surface area (TPSA) is 34.1 Å². The SMILES string of the molecule is O=S(=O)(CCc1ccccc1)Cc1cccc(C(F)(F)F)c1. The minimum Gasteiger partial charge on any atom is -0.228 e. The molecule has 0 N–H and O–H groups in total. The molecule has 0 saturated heterocycles. The first-order chi connectivity index (χ1) is 10.3. The van der Waals surface area contributed by atoms with Crippen LogP contribution in [0, 0.1) is 0 Å². The van der Waals surface area contributed by atoms with Crippen molar-refractivity contribution < 1.29 is 21.6 Å². The van der Waals surface area contributed by atoms with E-state index < -0.39 is 21.6 Å². The van der Waals surface area contributed by atoms with Gasteiger partial charge in [0.05, 0.1) is 17.1 Å². The molecule has 0 bridgehead atoms. The maximum Gasteiger partial charge on any atom is 0.416 e. The van der Waals surface area contributed by atoms with Gasteiger partial charge in [-0.05, 0) is 23.6 Å². The summed E-state index contributed by atoms with van der Waals surface area (Å²) in [5, 5.41) is 0. The number of hydrogen-bond acceptors (Lipinski definition) is 2. The molecule has 2 aromatic carbocycles. The third-order valence-electron chi connectivity index (χ3n) is 3.19. The number of alkyl halides is 3. The van der Waals surface area contributed by atoms with Crippen LogP contribution < -0.4 is 0 Å². The number of sulfone groups is 1. The summed E-state index contributed by atoms with van der Waals surface area (Å²) in [5.74, 6) is -0.475. The molecule has 2 nitrogen and oxygen atoms in total. The Morgan fingerprint density at radius 3 is 2.14 bits per heavy atom. The Balaban J connectivity index is 2.06. The van der Waals surface area contributed by atoms with Gasteiger partial charge in [0, 0.05) is 0 Å². The van der Waals surface area contributed by atoms with Gasteiger partial charge in [-0.2, -0.15) is 13.2 Å². The Labute approximate surface area is 127 Å². The maximum absolute atomic E-state index is 12.6. The van der Waals surface area contributed by atoms with E-state index in [4.69, 9.17) is 0 Å². The molecule has 0 amide bonds. The molecule has 0 saturated carbocycles. The summed E-state index contributed by atoms with van der Waals surface area (Å²) in [7, 11) is -3.46. The van der Waals surface area contributed by atoms with Crippen molar-refractivity contribution in [1.82, 2.24) is 0 Å². The first kappa shape index (κ1) is 16.5. The molecule has 2 rings (SSSR count). The van der Waals surface area contributed by atoms with Gasteiger partial charge in [-0.15, -0.1) is 0 Å². The van der Waals surface area contributed by atoms with E-state index in [0.29, 0.717) is 6.42 Å². The van der Waals surface area contributed by atoms with E-state index in [9.17, 15) is 21.6 Å². The van der Waals surface area contributed by atoms with Crippen LogP contribution >= 0.6 is 0 Å². The van der Waals surface area contributed by atoms with Crippen LogP contribution in [0.2, 0.25) is 0 Å². The molecule has 0 spiro atoms. The Morgan fingerprint density at radius 2 is 1.50 bits per heavy atom. The number of benzene rings is 2. The highest BCUT2D eigenvalue weighted by Gasteiger charge is 2.30. The summed E-state index contributed by atoms with van der Waals surface area (Å²) >= 11 is 0. The second-order valence-corrected chi connectivity index (χ2v) is 7.21. The van der Waals surface area contributed by atoms with E-state index >= 15 is 0 Å². The average Bonchev–Trinajstić information content (AvgIpc) is 2.45. The summed E-state index contributed by atoms with van der Waals surface area (Å²) in [5.41, 5.74) is 0.210. The second-order valence-electron chi connectivity index (χ2n) is 5.03. The zero-order valence-electron chi connectivity index (χ0n) is 11.7. The third-order valence-corrected chi connectivity index (χ3v) is 4.78. The van der Waals surface area contributed by atoms with E-state index in [1.807, 2.05) is 30.3 Å². The average molecular weight is 328 g/mol. The van der Waals surface area contributed by atoms with E-state index in [1.54, 1.807) is 0 Å². The van der Waals surface area contributed by atoms with E-state index in [2.05, 4.69) is 0 Å². The normalized spacial score (nSPS) is 12.3. The van der Waals surface area contributed by atoms with Gasteiger partial charge in [-0.1, -0.05) is 48.5 Å². The van der Waals surface area contributed by atoms with Crippen molar-refractivity contribution in [3.63, 3.8) is 0 Å². The molecule has 0 aliphatic heterocycles. The van der Waals surface area contributed by atoms with E-state index in [0.717, 1.165) is 17.7 Å². The number of rotatable bonds is 5. The lowest BCUT2D eigenvalue weighted by Gasteiger charge is -2.09. The van der Waals surface area contributed by atoms with Gasteiger partial charge in [0.2, 0.25) is 0 Å². The van der Waals surface area contributed by atoms with Crippen molar-refractivity contribution >= 4 is 9.84 Å². The molecular weight excluding hydrogens is 313 g/mol. The first-order valence-electron chi connectivity index (χ1n) is 6.67. The second kappa shape index (κ2) is 6.52. The van der Waals surface area contributed by atoms with Crippen LogP contribution in [0.5, 0.6) is 0 Å². The fourth-order valence-corrected chi connectivity index (χ4v) is 3.46. The lowest BCUT2D eigenvalue weighted by Crippen LogP contribution is -2.12. The predicted molar refractivity (Wildman–Crippen MR) is 79.1 cm³/mol. The molecule has 118 valence electrons. The molecule has 0 radical (unpaired) electrons. The van der Waals surface area contributed by atoms with Crippen LogP contribution in [0.1, 0.15) is 16.7 Å². The predicted octanol–water partition coefficient (Wildman–Crippen LogP) is 3.86. The molecular formula is C16H15F3O2S. The molecule has 2 aromatic rings. The number of halogens is 3. The minimum absolute atomic E-state index is 0.0900. The van der Waals surface area contributed by atoms with Crippen molar-refractivity contribution in [1.29, 1.82) is 0 Å². The largest absolute Gasteiger partial charge is 0.416 e. The van der Waals surface area contributed by atoms with Crippen LogP contribution in [0.25, 0.3) is 0 Å². The van der Waals surface area contributed by atoms with Crippen LogP contribution in [0.3, 0.4) is 0 Å². The van der Waals surface area contributed by atoms with Crippen LogP contribution in [0.15, 0.2) is 54.6 Å². The standard InChI is InChI=1S/C16H15F3O2S/c17-16(18,19)15-8-4-7-14(11-15)12-22(20,21)10-9-13-5-2-1-3-6-13/h1-8,11H,9-10,12H2. The lowest BCUT2D eigenvalue weighted by atomic mass is 10.1. The first-order valence-corrected chi connectivity index (χ1v) is 8.49. The van der Waals surface area contributed by atoms with Gasteiger partial charge in [0.25, 0.3) is 0 Å². The van der Waals surface area contributed by atoms with Gasteiger partial charge in [0.1, 0.15) is 0 Å². The third kappa shape index (κ3) is 4.87. The molecule has 6 heteroatoms. The van der Waals surface area contributed by atoms with Crippen LogP contribution in [-0.2, 0) is 28.2 Å². The maximum atomic E-state index is 12.6. The summed E-state index contributed by atoms with van der Waals surface area (Å²) in [6, 6.07) is 13.5. The molecule has 0 aliphatic carbocycles. The molecule has 0 aliphatic rings. The Hall–Kier alpha value is -1.82. The van der Waals surface area contributed by atoms with Gasteiger partial charge >= 0.3 is 6.18 Å². The monoisotopic (exact) mass is 328 g/mol. The fraction of sp³-hybridized carbons (Fsp3) is 0.250. The molecule has 0 heterocycles. The Kier molecular flexibility index (Phi) is 4.90. The highest BCUT2D eigenvalue weighted by atomic mass is 32.2. The zero-order valence-corrected chi connectivity index (χ0v) is 12.5. The molecule has 0 unspecified atom stereocenters. The van der Waals surface area contributed by atoms with Crippen molar-refractivity contribution in [2.45, 2.75) is 18.3 Å². The summed E-state index contributed by atoms with van der Waals surface area (Å²) < 4.78 is 62.0. The Bertz CT molecular complexity index is 723. The van der Waals surface area contributed by atoms with Crippen molar-refractivity contribution in [3.05, 3.63) is 71.3 Å². The summed E-state index contributed by atoms with van der Waals surface area (Å²) in [4.78, 5) is 0. The van der Waals surface area contributed by atoms with Crippen molar-refractivity contribution in [3.8, 4) is 0 Å². The van der Waals surface area contributed by atoms with Crippen molar-refractivity contribution in [2.75, 3.05) is 5.75 Å². The quantitative estimate of drug-likeness (QED) is 0.835. The fourth-order valence-electron chi connectivity index (χ4n) is 2.08. The van der Waals surface area contributed by atoms with Crippen LogP contribution in [-0.4, -0.2) is 14.2 Å². The lowest BCUT2D eigenvalue weighted by molar-refractivity contribution is -0.137. The highest BCUT2D eigenvalue weighted by Crippen LogP contribution is 2.29. The zero-order chi connectivity index (χ0) is 16.2. The number of hydrogen-bond donors (Lipinski definition) is 0. The highest BCUT2D eigenvalue weighted by molar-refractivity contribution is 7.90. The molecule has 22 heavy (non-hydrogen) atoms. The van der Waals surface area contributed by atoms with Crippen molar-refractivity contribution in [2.24, 2.45) is 0 Å². The van der Waals surface area contributed by atoms with Gasteiger partial charge in [-0.3, -0.25) is 0 Å². The van der Waals surface area contributed by atoms with Gasteiger partial charge in [0.15, 0.2) is 9.84 Å². The summed E-state index contributed by atoms with van der Waals surface area (Å²) in [6.45, 7) is 0. The van der Waals surface area contributed by atoms with Gasteiger partial charge < -0.3 is 0 Å². The molecule has 0 fully saturated rings.